The van der Waals surface area contributed by atoms with Crippen molar-refractivity contribution >= 4 is 45.1 Å². The largest absolute Gasteiger partial charge is 0.476 e. The Bertz CT molecular complexity index is 700. The molecule has 0 bridgehead atoms. The van der Waals surface area contributed by atoms with Crippen molar-refractivity contribution in [3.63, 3.8) is 0 Å². The fraction of sp³-hybridized carbons (Fsp3) is 0.308. The first-order chi connectivity index (χ1) is 9.62. The third-order valence-corrected chi connectivity index (χ3v) is 3.81. The van der Waals surface area contributed by atoms with Crippen LogP contribution in [0.3, 0.4) is 0 Å². The van der Waals surface area contributed by atoms with Crippen LogP contribution in [0.25, 0.3) is 5.69 Å². The van der Waals surface area contributed by atoms with E-state index in [2.05, 4.69) is 26.2 Å². The third kappa shape index (κ3) is 3.07. The van der Waals surface area contributed by atoms with Crippen LogP contribution in [0.4, 0.5) is 0 Å². The van der Waals surface area contributed by atoms with Gasteiger partial charge in [0.1, 0.15) is 5.69 Å². The lowest BCUT2D eigenvalue weighted by molar-refractivity contribution is 0.0687. The zero-order valence-corrected chi connectivity index (χ0v) is 14.6. The van der Waals surface area contributed by atoms with Gasteiger partial charge in [0.05, 0.1) is 15.7 Å². The molecule has 2 rings (SSSR count). The maximum absolute atomic E-state index is 11.3. The topological polar surface area (TPSA) is 68.0 Å². The molecule has 0 aliphatic rings. The number of aromatic carboxylic acids is 1. The molecule has 5 nitrogen and oxygen atoms in total. The van der Waals surface area contributed by atoms with Crippen molar-refractivity contribution in [3.05, 3.63) is 38.0 Å². The minimum absolute atomic E-state index is 0.113. The van der Waals surface area contributed by atoms with Crippen LogP contribution >= 0.6 is 39.1 Å². The number of rotatable bonds is 2. The summed E-state index contributed by atoms with van der Waals surface area (Å²) in [6.07, 6.45) is 0. The average Bonchev–Trinajstić information content (AvgIpc) is 2.71. The van der Waals surface area contributed by atoms with Crippen LogP contribution in [0.1, 0.15) is 37.0 Å². The fourth-order valence-electron chi connectivity index (χ4n) is 1.99. The van der Waals surface area contributed by atoms with Gasteiger partial charge in [0.15, 0.2) is 5.69 Å². The summed E-state index contributed by atoms with van der Waals surface area (Å²) in [7, 11) is 0. The molecule has 0 aliphatic heterocycles. The van der Waals surface area contributed by atoms with Gasteiger partial charge in [-0.25, -0.2) is 9.48 Å². The normalized spacial score (nSPS) is 11.7. The Labute approximate surface area is 140 Å². The summed E-state index contributed by atoms with van der Waals surface area (Å²) in [6, 6.07) is 3.33. The Morgan fingerprint density at radius 3 is 2.24 bits per heavy atom. The SMILES string of the molecule is CC(C)(C)c1c(C(=O)O)nnn1-c1c(Cl)cc(Br)cc1Cl. The van der Waals surface area contributed by atoms with Crippen molar-refractivity contribution in [2.24, 2.45) is 0 Å². The molecule has 0 fully saturated rings. The van der Waals surface area contributed by atoms with E-state index in [1.54, 1.807) is 12.1 Å². The van der Waals surface area contributed by atoms with Gasteiger partial charge in [-0.2, -0.15) is 0 Å². The Morgan fingerprint density at radius 2 is 1.81 bits per heavy atom. The standard InChI is InChI=1S/C13H12BrCl2N3O2/c1-13(2,3)11-9(12(20)21)17-18-19(11)10-7(15)4-6(14)5-8(10)16/h4-5H,1-3H3,(H,20,21). The number of carboxylic acid groups (broad SMARTS) is 1. The molecule has 21 heavy (non-hydrogen) atoms. The summed E-state index contributed by atoms with van der Waals surface area (Å²) in [5.41, 5.74) is 0.224. The molecule has 112 valence electrons. The van der Waals surface area contributed by atoms with Crippen LogP contribution in [-0.4, -0.2) is 26.1 Å². The number of aromatic nitrogens is 3. The summed E-state index contributed by atoms with van der Waals surface area (Å²) in [6.45, 7) is 5.61. The van der Waals surface area contributed by atoms with Gasteiger partial charge in [-0.15, -0.1) is 5.10 Å². The number of hydrogen-bond donors (Lipinski definition) is 1. The van der Waals surface area contributed by atoms with E-state index in [-0.39, 0.29) is 5.69 Å². The van der Waals surface area contributed by atoms with Gasteiger partial charge >= 0.3 is 5.97 Å². The Morgan fingerprint density at radius 1 is 1.29 bits per heavy atom. The highest BCUT2D eigenvalue weighted by molar-refractivity contribution is 9.10. The van der Waals surface area contributed by atoms with Gasteiger partial charge in [-0.1, -0.05) is 65.1 Å². The number of hydrogen-bond acceptors (Lipinski definition) is 3. The molecule has 0 radical (unpaired) electrons. The molecular formula is C13H12BrCl2N3O2. The van der Waals surface area contributed by atoms with Gasteiger partial charge in [0, 0.05) is 9.89 Å². The fourth-order valence-corrected chi connectivity index (χ4v) is 3.36. The van der Waals surface area contributed by atoms with E-state index in [1.165, 1.54) is 4.68 Å². The highest BCUT2D eigenvalue weighted by Crippen LogP contribution is 2.35. The van der Waals surface area contributed by atoms with Crippen LogP contribution in [-0.2, 0) is 5.41 Å². The van der Waals surface area contributed by atoms with E-state index in [1.807, 2.05) is 20.8 Å². The van der Waals surface area contributed by atoms with E-state index < -0.39 is 11.4 Å². The first-order valence-electron chi connectivity index (χ1n) is 5.97. The predicted molar refractivity (Wildman–Crippen MR) is 84.7 cm³/mol. The quantitative estimate of drug-likeness (QED) is 0.825. The van der Waals surface area contributed by atoms with Gasteiger partial charge < -0.3 is 5.11 Å². The van der Waals surface area contributed by atoms with Gasteiger partial charge in [-0.3, -0.25) is 0 Å². The highest BCUT2D eigenvalue weighted by atomic mass is 79.9. The molecule has 0 spiro atoms. The lowest BCUT2D eigenvalue weighted by atomic mass is 9.90. The number of nitrogens with zero attached hydrogens (tertiary/aromatic N) is 3. The molecule has 0 saturated carbocycles. The van der Waals surface area contributed by atoms with Crippen molar-refractivity contribution in [2.75, 3.05) is 0 Å². The summed E-state index contributed by atoms with van der Waals surface area (Å²) in [5, 5.41) is 17.7. The summed E-state index contributed by atoms with van der Waals surface area (Å²) in [5.74, 6) is -1.14. The highest BCUT2D eigenvalue weighted by Gasteiger charge is 2.31. The van der Waals surface area contributed by atoms with Crippen LogP contribution in [0.5, 0.6) is 0 Å². The van der Waals surface area contributed by atoms with Gasteiger partial charge in [-0.05, 0) is 12.1 Å². The molecule has 1 aromatic heterocycles. The second-order valence-corrected chi connectivity index (χ2v) is 7.20. The van der Waals surface area contributed by atoms with E-state index >= 15 is 0 Å². The predicted octanol–water partition coefficient (Wildman–Crippen LogP) is 4.33. The number of halogens is 3. The Kier molecular flexibility index (Phi) is 4.33. The molecule has 1 aromatic carbocycles. The maximum atomic E-state index is 11.3. The molecule has 2 aromatic rings. The molecule has 0 saturated heterocycles. The van der Waals surface area contributed by atoms with E-state index in [4.69, 9.17) is 23.2 Å². The molecule has 1 heterocycles. The smallest absolute Gasteiger partial charge is 0.358 e. The van der Waals surface area contributed by atoms with Crippen molar-refractivity contribution in [2.45, 2.75) is 26.2 Å². The second-order valence-electron chi connectivity index (χ2n) is 5.47. The Hall–Kier alpha value is -1.11. The first-order valence-corrected chi connectivity index (χ1v) is 7.52. The van der Waals surface area contributed by atoms with E-state index in [9.17, 15) is 9.90 Å². The van der Waals surface area contributed by atoms with Crippen LogP contribution in [0, 0.1) is 0 Å². The van der Waals surface area contributed by atoms with Crippen LogP contribution in [0.2, 0.25) is 10.0 Å². The second kappa shape index (κ2) is 5.59. The van der Waals surface area contributed by atoms with Crippen molar-refractivity contribution in [1.29, 1.82) is 0 Å². The number of benzene rings is 1. The number of carboxylic acids is 1. The molecule has 8 heteroatoms. The molecule has 0 amide bonds. The molecule has 0 aliphatic carbocycles. The van der Waals surface area contributed by atoms with Crippen LogP contribution in [0.15, 0.2) is 16.6 Å². The monoisotopic (exact) mass is 391 g/mol. The van der Waals surface area contributed by atoms with Crippen molar-refractivity contribution in [3.8, 4) is 5.69 Å². The minimum Gasteiger partial charge on any atom is -0.476 e. The number of carbonyl (C=O) groups is 1. The molecule has 0 unspecified atom stereocenters. The van der Waals surface area contributed by atoms with Gasteiger partial charge in [0.2, 0.25) is 0 Å². The van der Waals surface area contributed by atoms with E-state index in [0.29, 0.717) is 21.4 Å². The van der Waals surface area contributed by atoms with Crippen LogP contribution < -0.4 is 0 Å². The first kappa shape index (κ1) is 16.3. The molecular weight excluding hydrogens is 381 g/mol. The maximum Gasteiger partial charge on any atom is 0.358 e. The van der Waals surface area contributed by atoms with Crippen molar-refractivity contribution < 1.29 is 9.90 Å². The minimum atomic E-state index is -1.14. The molecule has 0 atom stereocenters. The average molecular weight is 393 g/mol. The Balaban J connectivity index is 2.80. The lowest BCUT2D eigenvalue weighted by Gasteiger charge is -2.21. The van der Waals surface area contributed by atoms with Crippen molar-refractivity contribution in [1.82, 2.24) is 15.0 Å². The van der Waals surface area contributed by atoms with Gasteiger partial charge in [0.25, 0.3) is 0 Å². The third-order valence-electron chi connectivity index (χ3n) is 2.78. The zero-order valence-electron chi connectivity index (χ0n) is 11.5. The summed E-state index contributed by atoms with van der Waals surface area (Å²) < 4.78 is 2.11. The summed E-state index contributed by atoms with van der Waals surface area (Å²) in [4.78, 5) is 11.3. The zero-order chi connectivity index (χ0) is 15.9. The lowest BCUT2D eigenvalue weighted by Crippen LogP contribution is -2.21. The molecule has 1 N–H and O–H groups in total. The van der Waals surface area contributed by atoms with E-state index in [0.717, 1.165) is 4.47 Å². The summed E-state index contributed by atoms with van der Waals surface area (Å²) >= 11 is 15.8.